The molecule has 0 spiro atoms. The number of nitrogens with zero attached hydrogens (tertiary/aromatic N) is 4. The van der Waals surface area contributed by atoms with E-state index in [0.717, 1.165) is 47.9 Å². The van der Waals surface area contributed by atoms with Gasteiger partial charge in [-0.15, -0.1) is 17.7 Å². The van der Waals surface area contributed by atoms with Crippen molar-refractivity contribution in [2.75, 3.05) is 0 Å². The Labute approximate surface area is 268 Å². The molecule has 0 unspecified atom stereocenters. The van der Waals surface area contributed by atoms with Gasteiger partial charge in [0.25, 0.3) is 0 Å². The fraction of sp³-hybridized carbons (Fsp3) is 0.400. The molecular formula is C35H43IrN4O2Si-. The Kier molecular flexibility index (Phi) is 9.84. The fourth-order valence-electron chi connectivity index (χ4n) is 6.19. The van der Waals surface area contributed by atoms with Gasteiger partial charge < -0.3 is 13.9 Å². The topological polar surface area (TPSA) is 71.9 Å². The number of benzene rings is 2. The number of aryl methyl sites for hydroxylation is 1. The van der Waals surface area contributed by atoms with Gasteiger partial charge in [0.15, 0.2) is 5.78 Å². The third-order valence-corrected chi connectivity index (χ3v) is 10.3. The average molecular weight is 772 g/mol. The first-order valence-electron chi connectivity index (χ1n) is 15.3. The van der Waals surface area contributed by atoms with Gasteiger partial charge in [0.1, 0.15) is 19.4 Å². The van der Waals surface area contributed by atoms with Crippen molar-refractivity contribution in [1.29, 1.82) is 0 Å². The fourth-order valence-corrected chi connectivity index (χ4v) is 7.54. The van der Waals surface area contributed by atoms with Crippen LogP contribution in [0.15, 0.2) is 54.4 Å². The second-order valence-electron chi connectivity index (χ2n) is 12.4. The summed E-state index contributed by atoms with van der Waals surface area (Å²) >= 11 is 0. The molecule has 0 atom stereocenters. The molecule has 0 saturated carbocycles. The molecule has 0 amide bonds. The van der Waals surface area contributed by atoms with Crippen LogP contribution in [0.2, 0.25) is 19.6 Å². The van der Waals surface area contributed by atoms with Crippen molar-refractivity contribution in [1.82, 2.24) is 18.8 Å². The predicted molar refractivity (Wildman–Crippen MR) is 178 cm³/mol. The van der Waals surface area contributed by atoms with Crippen molar-refractivity contribution in [2.24, 2.45) is 11.8 Å². The molecule has 1 radical (unpaired) electrons. The summed E-state index contributed by atoms with van der Waals surface area (Å²) in [4.78, 5) is 21.6. The van der Waals surface area contributed by atoms with Gasteiger partial charge in [-0.3, -0.25) is 9.78 Å². The third-order valence-electron chi connectivity index (χ3n) is 8.57. The van der Waals surface area contributed by atoms with E-state index in [1.165, 1.54) is 38.8 Å². The number of imidazole rings is 1. The maximum Gasteiger partial charge on any atom is 0.162 e. The first kappa shape index (κ1) is 32.8. The minimum Gasteiger partial charge on any atom is -0.512 e. The Morgan fingerprint density at radius 2 is 1.63 bits per heavy atom. The summed E-state index contributed by atoms with van der Waals surface area (Å²) in [6, 6.07) is 16.5. The van der Waals surface area contributed by atoms with Gasteiger partial charge in [-0.1, -0.05) is 83.2 Å². The Hall–Kier alpha value is -3.06. The van der Waals surface area contributed by atoms with Gasteiger partial charge in [-0.05, 0) is 48.7 Å². The van der Waals surface area contributed by atoms with Crippen LogP contribution in [0.25, 0.3) is 44.1 Å². The van der Waals surface area contributed by atoms with E-state index in [0.29, 0.717) is 0 Å². The number of carbonyl (C=O) groups excluding carboxylic acids is 1. The summed E-state index contributed by atoms with van der Waals surface area (Å²) in [5.74, 6) is 0.547. The molecule has 6 nitrogen and oxygen atoms in total. The van der Waals surface area contributed by atoms with Crippen LogP contribution in [-0.2, 0) is 24.9 Å². The number of carbonyl (C=O) groups is 1. The number of aliphatic hydroxyl groups is 1. The summed E-state index contributed by atoms with van der Waals surface area (Å²) in [6.45, 7) is 17.3. The van der Waals surface area contributed by atoms with Crippen LogP contribution in [0.1, 0.15) is 58.9 Å². The van der Waals surface area contributed by atoms with Crippen LogP contribution in [-0.4, -0.2) is 37.7 Å². The number of allylic oxidation sites excluding steroid dienone is 2. The molecule has 6 aromatic rings. The monoisotopic (exact) mass is 772 g/mol. The molecule has 8 heteroatoms. The standard InChI is InChI=1S/C22H19N4Si.C13H24O2.Ir/c1-13-11-15-14-7-5-6-8-17(14)25-19(15)16(12-13)20-23-10-9-18-24-21(27(2,3)4)22(25)26(18)20;1-5-10(6-2)12(14)9-13(15)11(7-3)8-4;/h5-11H,1-4H3;9-11,14H,5-8H2,1-4H3;/q-1;;/b;12-9-;. The molecule has 4 aromatic heterocycles. The summed E-state index contributed by atoms with van der Waals surface area (Å²) in [5.41, 5.74) is 6.65. The number of aliphatic hydroxyl groups excluding tert-OH is 1. The Balaban J connectivity index is 0.000000230. The van der Waals surface area contributed by atoms with Crippen molar-refractivity contribution < 1.29 is 30.0 Å². The van der Waals surface area contributed by atoms with Crippen molar-refractivity contribution >= 4 is 63.3 Å². The number of fused-ring (bicyclic) bond motifs is 5. The molecule has 0 aliphatic heterocycles. The molecule has 43 heavy (non-hydrogen) atoms. The maximum absolute atomic E-state index is 11.7. The van der Waals surface area contributed by atoms with Gasteiger partial charge in [-0.25, -0.2) is 4.98 Å². The summed E-state index contributed by atoms with van der Waals surface area (Å²) in [5, 5.41) is 14.6. The second-order valence-corrected chi connectivity index (χ2v) is 17.4. The van der Waals surface area contributed by atoms with Gasteiger partial charge in [0.05, 0.1) is 16.7 Å². The molecule has 0 aliphatic carbocycles. The average Bonchev–Trinajstić information content (AvgIpc) is 3.51. The van der Waals surface area contributed by atoms with Crippen molar-refractivity contribution in [2.45, 2.75) is 79.9 Å². The van der Waals surface area contributed by atoms with E-state index in [-0.39, 0.29) is 43.5 Å². The molecule has 0 fully saturated rings. The summed E-state index contributed by atoms with van der Waals surface area (Å²) < 4.78 is 4.63. The minimum atomic E-state index is -1.67. The van der Waals surface area contributed by atoms with Crippen LogP contribution in [0, 0.1) is 24.8 Å². The van der Waals surface area contributed by atoms with Crippen molar-refractivity contribution in [3.8, 4) is 0 Å². The maximum atomic E-state index is 11.7. The van der Waals surface area contributed by atoms with E-state index in [2.05, 4.69) is 71.8 Å². The van der Waals surface area contributed by atoms with E-state index in [1.807, 2.05) is 40.0 Å². The number of para-hydroxylation sites is 1. The molecule has 6 rings (SSSR count). The van der Waals surface area contributed by atoms with E-state index in [9.17, 15) is 9.90 Å². The van der Waals surface area contributed by atoms with Gasteiger partial charge >= 0.3 is 0 Å². The minimum absolute atomic E-state index is 0. The summed E-state index contributed by atoms with van der Waals surface area (Å²) in [6.07, 6.45) is 6.78. The van der Waals surface area contributed by atoms with Crippen molar-refractivity contribution in [3.63, 3.8) is 0 Å². The molecule has 0 saturated heterocycles. The SMILES string of the molecule is CCC(CC)C(=O)/C=C(\O)C(CC)CC.Cc1[c-]c2c3nccc4nc([Si](C)(C)C)c(n43)n3c4ccccc4c(c1)c23.[Ir]. The molecule has 0 bridgehead atoms. The molecule has 4 heterocycles. The predicted octanol–water partition coefficient (Wildman–Crippen LogP) is 8.40. The number of ketones is 1. The van der Waals surface area contributed by atoms with Crippen LogP contribution in [0.3, 0.4) is 0 Å². The smallest absolute Gasteiger partial charge is 0.162 e. The normalized spacial score (nSPS) is 12.7. The van der Waals surface area contributed by atoms with E-state index < -0.39 is 8.07 Å². The van der Waals surface area contributed by atoms with E-state index in [1.54, 1.807) is 0 Å². The number of hydrogen-bond donors (Lipinski definition) is 1. The largest absolute Gasteiger partial charge is 0.512 e. The Bertz CT molecular complexity index is 1920. The number of aromatic nitrogens is 4. The Morgan fingerprint density at radius 1 is 0.977 bits per heavy atom. The number of hydrogen-bond acceptors (Lipinski definition) is 4. The molecule has 0 aliphatic rings. The molecule has 2 aromatic carbocycles. The van der Waals surface area contributed by atoms with E-state index >= 15 is 0 Å². The van der Waals surface area contributed by atoms with Gasteiger partial charge in [0.2, 0.25) is 0 Å². The van der Waals surface area contributed by atoms with Crippen LogP contribution >= 0.6 is 0 Å². The third kappa shape index (κ3) is 5.77. The number of rotatable bonds is 8. The Morgan fingerprint density at radius 3 is 2.26 bits per heavy atom. The second kappa shape index (κ2) is 12.9. The summed E-state index contributed by atoms with van der Waals surface area (Å²) in [7, 11) is -1.67. The van der Waals surface area contributed by atoms with Gasteiger partial charge in [0, 0.05) is 49.7 Å². The van der Waals surface area contributed by atoms with E-state index in [4.69, 9.17) is 9.97 Å². The van der Waals surface area contributed by atoms with Crippen LogP contribution in [0.4, 0.5) is 0 Å². The molecule has 229 valence electrons. The molecular weight excluding hydrogens is 729 g/mol. The zero-order valence-corrected chi connectivity index (χ0v) is 30.0. The zero-order valence-electron chi connectivity index (χ0n) is 26.6. The van der Waals surface area contributed by atoms with Crippen molar-refractivity contribution in [3.05, 3.63) is 66.1 Å². The zero-order chi connectivity index (χ0) is 30.3. The first-order chi connectivity index (χ1) is 20.0. The molecule has 1 N–H and O–H groups in total. The first-order valence-corrected chi connectivity index (χ1v) is 18.8. The quantitative estimate of drug-likeness (QED) is 0.0555. The van der Waals surface area contributed by atoms with Crippen LogP contribution in [0.5, 0.6) is 0 Å². The van der Waals surface area contributed by atoms with Gasteiger partial charge in [-0.2, -0.15) is 0 Å². The van der Waals surface area contributed by atoms with Crippen LogP contribution < -0.4 is 5.32 Å².